The molecule has 0 radical (unpaired) electrons. The molecule has 0 aromatic carbocycles. The molecule has 0 fully saturated rings. The largest absolute Gasteiger partial charge is 0.473 e. The van der Waals surface area contributed by atoms with E-state index in [1.54, 1.807) is 12.3 Å². The van der Waals surface area contributed by atoms with Crippen LogP contribution in [0.4, 0.5) is 0 Å². The number of ether oxygens (including phenoxy) is 1. The molecule has 98 valence electrons. The van der Waals surface area contributed by atoms with Crippen LogP contribution in [-0.2, 0) is 0 Å². The Morgan fingerprint density at radius 3 is 2.74 bits per heavy atom. The Labute approximate surface area is 114 Å². The molecule has 0 unspecified atom stereocenters. The average Bonchev–Trinajstić information content (AvgIpc) is 2.36. The van der Waals surface area contributed by atoms with Crippen LogP contribution < -0.4 is 10.1 Å². The molecule has 0 atom stereocenters. The number of rotatable bonds is 4. The van der Waals surface area contributed by atoms with Crippen LogP contribution in [0.5, 0.6) is 5.88 Å². The van der Waals surface area contributed by atoms with Gasteiger partial charge in [-0.3, -0.25) is 0 Å². The lowest BCUT2D eigenvalue weighted by molar-refractivity contribution is 0.348. The Morgan fingerprint density at radius 2 is 2.16 bits per heavy atom. The zero-order valence-corrected chi connectivity index (χ0v) is 11.4. The molecule has 0 spiro atoms. The summed E-state index contributed by atoms with van der Waals surface area (Å²) in [6.45, 7) is 12.2. The molecule has 2 heterocycles. The number of dihydropyridines is 1. The second-order valence-electron chi connectivity index (χ2n) is 4.46. The highest BCUT2D eigenvalue weighted by molar-refractivity contribution is 5.84. The van der Waals surface area contributed by atoms with Gasteiger partial charge < -0.3 is 10.1 Å². The molecule has 0 saturated carbocycles. The predicted octanol–water partition coefficient (Wildman–Crippen LogP) is 3.44. The van der Waals surface area contributed by atoms with Gasteiger partial charge in [0.1, 0.15) is 6.61 Å². The van der Waals surface area contributed by atoms with Crippen LogP contribution in [0.15, 0.2) is 60.6 Å². The van der Waals surface area contributed by atoms with Crippen molar-refractivity contribution >= 4 is 5.57 Å². The minimum atomic E-state index is 0.463. The van der Waals surface area contributed by atoms with Crippen molar-refractivity contribution in [2.75, 3.05) is 6.61 Å². The minimum Gasteiger partial charge on any atom is -0.473 e. The molecule has 3 heteroatoms. The van der Waals surface area contributed by atoms with Crippen molar-refractivity contribution in [2.24, 2.45) is 0 Å². The van der Waals surface area contributed by atoms with Gasteiger partial charge in [0.2, 0.25) is 5.88 Å². The predicted molar refractivity (Wildman–Crippen MR) is 78.6 cm³/mol. The molecule has 3 nitrogen and oxygen atoms in total. The topological polar surface area (TPSA) is 34.1 Å². The molecule has 1 N–H and O–H groups in total. The van der Waals surface area contributed by atoms with E-state index in [0.29, 0.717) is 12.5 Å². The van der Waals surface area contributed by atoms with Crippen LogP contribution >= 0.6 is 0 Å². The van der Waals surface area contributed by atoms with Crippen molar-refractivity contribution in [1.29, 1.82) is 0 Å². The highest BCUT2D eigenvalue weighted by Gasteiger charge is 2.14. The first kappa shape index (κ1) is 13.1. The lowest BCUT2D eigenvalue weighted by Gasteiger charge is -2.20. The van der Waals surface area contributed by atoms with E-state index >= 15 is 0 Å². The summed E-state index contributed by atoms with van der Waals surface area (Å²) >= 11 is 0. The van der Waals surface area contributed by atoms with E-state index in [1.165, 1.54) is 0 Å². The molecular formula is C16H18N2O. The van der Waals surface area contributed by atoms with Crippen LogP contribution in [0.25, 0.3) is 5.57 Å². The highest BCUT2D eigenvalue weighted by atomic mass is 16.5. The maximum atomic E-state index is 5.37. The van der Waals surface area contributed by atoms with Crippen molar-refractivity contribution in [3.05, 3.63) is 66.2 Å². The summed E-state index contributed by atoms with van der Waals surface area (Å²) in [6.07, 6.45) is 5.53. The van der Waals surface area contributed by atoms with Crippen LogP contribution in [0, 0.1) is 0 Å². The zero-order valence-electron chi connectivity index (χ0n) is 11.4. The molecule has 1 aliphatic heterocycles. The third kappa shape index (κ3) is 2.94. The summed E-state index contributed by atoms with van der Waals surface area (Å²) in [5.41, 5.74) is 5.31. The summed E-state index contributed by atoms with van der Waals surface area (Å²) in [6, 6.07) is 3.85. The van der Waals surface area contributed by atoms with Gasteiger partial charge in [0.15, 0.2) is 0 Å². The lowest BCUT2D eigenvalue weighted by Crippen LogP contribution is -2.15. The summed E-state index contributed by atoms with van der Waals surface area (Å²) in [4.78, 5) is 4.29. The van der Waals surface area contributed by atoms with E-state index in [2.05, 4.69) is 23.5 Å². The Morgan fingerprint density at radius 1 is 1.37 bits per heavy atom. The number of aromatic nitrogens is 1. The van der Waals surface area contributed by atoms with Crippen LogP contribution in [0.1, 0.15) is 19.4 Å². The Kier molecular flexibility index (Phi) is 3.85. The van der Waals surface area contributed by atoms with Crippen LogP contribution in [0.2, 0.25) is 0 Å². The van der Waals surface area contributed by atoms with Gasteiger partial charge in [-0.25, -0.2) is 4.98 Å². The molecule has 19 heavy (non-hydrogen) atoms. The van der Waals surface area contributed by atoms with Gasteiger partial charge in [-0.15, -0.1) is 0 Å². The summed E-state index contributed by atoms with van der Waals surface area (Å²) < 4.78 is 5.37. The molecule has 0 bridgehead atoms. The lowest BCUT2D eigenvalue weighted by atomic mass is 9.95. The third-order valence-corrected chi connectivity index (χ3v) is 2.85. The van der Waals surface area contributed by atoms with Gasteiger partial charge >= 0.3 is 0 Å². The highest BCUT2D eigenvalue weighted by Crippen LogP contribution is 2.29. The van der Waals surface area contributed by atoms with Gasteiger partial charge in [-0.05, 0) is 31.6 Å². The van der Waals surface area contributed by atoms with Gasteiger partial charge in [-0.2, -0.15) is 0 Å². The smallest absolute Gasteiger partial charge is 0.213 e. The van der Waals surface area contributed by atoms with Crippen LogP contribution in [0.3, 0.4) is 0 Å². The van der Waals surface area contributed by atoms with E-state index in [1.807, 2.05) is 32.1 Å². The second kappa shape index (κ2) is 5.57. The number of nitrogens with one attached hydrogen (secondary N) is 1. The first-order chi connectivity index (χ1) is 9.11. The van der Waals surface area contributed by atoms with Crippen molar-refractivity contribution in [3.63, 3.8) is 0 Å². The van der Waals surface area contributed by atoms with E-state index in [0.717, 1.165) is 28.1 Å². The zero-order chi connectivity index (χ0) is 13.8. The Balaban J connectivity index is 2.25. The number of allylic oxidation sites excluding steroid dienone is 5. The second-order valence-corrected chi connectivity index (χ2v) is 4.46. The minimum absolute atomic E-state index is 0.463. The SMILES string of the molecule is C=CCOc1ccc(C2=C(C)NC(C)=CC2=C)cn1. The number of nitrogens with zero attached hydrogens (tertiary/aromatic N) is 1. The first-order valence-corrected chi connectivity index (χ1v) is 6.17. The Bertz CT molecular complexity index is 565. The van der Waals surface area contributed by atoms with Crippen molar-refractivity contribution in [2.45, 2.75) is 13.8 Å². The fourth-order valence-electron chi connectivity index (χ4n) is 2.13. The summed E-state index contributed by atoms with van der Waals surface area (Å²) in [5, 5.41) is 3.31. The molecule has 2 rings (SSSR count). The normalized spacial score (nSPS) is 14.8. The number of hydrogen-bond donors (Lipinski definition) is 1. The van der Waals surface area contributed by atoms with Crippen molar-refractivity contribution in [1.82, 2.24) is 10.3 Å². The van der Waals surface area contributed by atoms with Crippen molar-refractivity contribution in [3.8, 4) is 5.88 Å². The van der Waals surface area contributed by atoms with E-state index in [-0.39, 0.29) is 0 Å². The Hall–Kier alpha value is -2.29. The fraction of sp³-hybridized carbons (Fsp3) is 0.188. The average molecular weight is 254 g/mol. The molecule has 0 aliphatic carbocycles. The maximum absolute atomic E-state index is 5.37. The number of pyridine rings is 1. The fourth-order valence-corrected chi connectivity index (χ4v) is 2.13. The molecule has 0 saturated heterocycles. The molecule has 1 aromatic heterocycles. The van der Waals surface area contributed by atoms with Gasteiger partial charge in [-0.1, -0.05) is 19.2 Å². The van der Waals surface area contributed by atoms with E-state index in [4.69, 9.17) is 4.74 Å². The summed E-state index contributed by atoms with van der Waals surface area (Å²) in [5.74, 6) is 0.600. The van der Waals surface area contributed by atoms with Gasteiger partial charge in [0.05, 0.1) is 0 Å². The summed E-state index contributed by atoms with van der Waals surface area (Å²) in [7, 11) is 0. The molecule has 0 amide bonds. The number of hydrogen-bond acceptors (Lipinski definition) is 3. The third-order valence-electron chi connectivity index (χ3n) is 2.85. The van der Waals surface area contributed by atoms with E-state index in [9.17, 15) is 0 Å². The van der Waals surface area contributed by atoms with Gasteiger partial charge in [0.25, 0.3) is 0 Å². The van der Waals surface area contributed by atoms with E-state index < -0.39 is 0 Å². The van der Waals surface area contributed by atoms with Crippen LogP contribution in [-0.4, -0.2) is 11.6 Å². The molecular weight excluding hydrogens is 236 g/mol. The maximum Gasteiger partial charge on any atom is 0.213 e. The standard InChI is InChI=1S/C16H18N2O/c1-5-8-19-15-7-6-14(10-17-15)16-11(2)9-12(3)18-13(16)4/h5-7,9-10,18H,1-2,8H2,3-4H3. The van der Waals surface area contributed by atoms with Crippen molar-refractivity contribution < 1.29 is 4.74 Å². The molecule has 1 aromatic rings. The molecule has 1 aliphatic rings. The van der Waals surface area contributed by atoms with Gasteiger partial charge in [0, 0.05) is 34.8 Å². The quantitative estimate of drug-likeness (QED) is 0.836. The first-order valence-electron chi connectivity index (χ1n) is 6.17. The monoisotopic (exact) mass is 254 g/mol.